The van der Waals surface area contributed by atoms with Gasteiger partial charge in [0.15, 0.2) is 0 Å². The zero-order chi connectivity index (χ0) is 49.9. The topological polar surface area (TPSA) is 158 Å². The molecule has 3 aliphatic carbocycles. The van der Waals surface area contributed by atoms with Crippen LogP contribution in [0.3, 0.4) is 0 Å². The molecule has 4 aromatic rings. The van der Waals surface area contributed by atoms with Gasteiger partial charge in [-0.25, -0.2) is 19.2 Å². The molecule has 0 bridgehead atoms. The molecule has 0 amide bonds. The Morgan fingerprint density at radius 1 is 0.400 bits per heavy atom. The fourth-order valence-corrected chi connectivity index (χ4v) is 8.18. The number of carbonyl (C=O) groups excluding carboxylic acids is 6. The standard InChI is InChI=1S/C22H22O4.C22H24O4.C14H22O4/c23-20(18-10-4-1-5-11-18)25-16-22(14-8-3-9-15-22)17-26-21(24)19-12-6-2-7-13-19;23-21(19-7-3-1-4-8-19)25-15-17-11-13-18(14-12-17)16-26-22(24)20-9-5-2-6-10-20;1-3-12(15)17-10-14(8-6-5-7-9-14)11-18-13(16)4-2/h1-8,10-13H,9,14-17H2;1-10,17-18H,11-16H2;5-6H,3-4,7-11H2,1-2H3. The molecule has 372 valence electrons. The van der Waals surface area contributed by atoms with Crippen LogP contribution in [0.1, 0.15) is 132 Å². The van der Waals surface area contributed by atoms with E-state index in [0.29, 0.717) is 73.4 Å². The Hall–Kier alpha value is -6.82. The first-order valence-electron chi connectivity index (χ1n) is 24.5. The van der Waals surface area contributed by atoms with E-state index in [1.165, 1.54) is 0 Å². The van der Waals surface area contributed by atoms with Crippen molar-refractivity contribution in [2.75, 3.05) is 39.6 Å². The quantitative estimate of drug-likeness (QED) is 0.0529. The van der Waals surface area contributed by atoms with Crippen LogP contribution in [0.15, 0.2) is 146 Å². The first-order chi connectivity index (χ1) is 34.0. The minimum atomic E-state index is -0.371. The van der Waals surface area contributed by atoms with Crippen molar-refractivity contribution < 1.29 is 57.2 Å². The van der Waals surface area contributed by atoms with E-state index in [-0.39, 0.29) is 59.9 Å². The smallest absolute Gasteiger partial charge is 0.338 e. The van der Waals surface area contributed by atoms with Crippen molar-refractivity contribution >= 4 is 35.8 Å². The average Bonchev–Trinajstić information content (AvgIpc) is 3.43. The first-order valence-corrected chi connectivity index (χ1v) is 24.5. The Bertz CT molecular complexity index is 2140. The second-order valence-corrected chi connectivity index (χ2v) is 18.2. The Morgan fingerprint density at radius 3 is 0.957 bits per heavy atom. The number of esters is 6. The summed E-state index contributed by atoms with van der Waals surface area (Å²) in [6.07, 6.45) is 18.1. The molecule has 0 unspecified atom stereocenters. The molecular formula is C58H68O12. The Balaban J connectivity index is 0.000000200. The van der Waals surface area contributed by atoms with Crippen molar-refractivity contribution in [2.45, 2.75) is 90.9 Å². The van der Waals surface area contributed by atoms with Crippen molar-refractivity contribution in [3.05, 3.63) is 168 Å². The molecule has 0 aliphatic heterocycles. The molecule has 0 spiro atoms. The van der Waals surface area contributed by atoms with Gasteiger partial charge in [-0.15, -0.1) is 0 Å². The van der Waals surface area contributed by atoms with E-state index < -0.39 is 0 Å². The zero-order valence-electron chi connectivity index (χ0n) is 40.6. The molecule has 0 atom stereocenters. The molecule has 0 aromatic heterocycles. The summed E-state index contributed by atoms with van der Waals surface area (Å²) in [5.74, 6) is -0.846. The van der Waals surface area contributed by atoms with Crippen LogP contribution >= 0.6 is 0 Å². The fourth-order valence-electron chi connectivity index (χ4n) is 8.18. The maximum atomic E-state index is 12.2. The summed E-state index contributed by atoms with van der Waals surface area (Å²) >= 11 is 0. The third kappa shape index (κ3) is 18.6. The highest BCUT2D eigenvalue weighted by Gasteiger charge is 2.35. The molecular weight excluding hydrogens is 889 g/mol. The van der Waals surface area contributed by atoms with Gasteiger partial charge in [-0.2, -0.15) is 0 Å². The number of ether oxygens (including phenoxy) is 6. The highest BCUT2D eigenvalue weighted by Crippen LogP contribution is 2.35. The first kappa shape index (κ1) is 54.1. The lowest BCUT2D eigenvalue weighted by Gasteiger charge is -2.33. The molecule has 3 aliphatic rings. The van der Waals surface area contributed by atoms with E-state index in [0.717, 1.165) is 64.2 Å². The third-order valence-electron chi connectivity index (χ3n) is 12.7. The molecule has 1 saturated carbocycles. The summed E-state index contributed by atoms with van der Waals surface area (Å²) in [6.45, 7) is 5.59. The summed E-state index contributed by atoms with van der Waals surface area (Å²) in [6, 6.07) is 36.0. The van der Waals surface area contributed by atoms with Gasteiger partial charge in [0.1, 0.15) is 26.4 Å². The van der Waals surface area contributed by atoms with Gasteiger partial charge in [0.2, 0.25) is 0 Å². The van der Waals surface area contributed by atoms with Crippen molar-refractivity contribution in [1.82, 2.24) is 0 Å². The van der Waals surface area contributed by atoms with Crippen LogP contribution < -0.4 is 0 Å². The molecule has 0 radical (unpaired) electrons. The van der Waals surface area contributed by atoms with Crippen molar-refractivity contribution in [1.29, 1.82) is 0 Å². The molecule has 1 fully saturated rings. The lowest BCUT2D eigenvalue weighted by atomic mass is 9.78. The minimum Gasteiger partial charge on any atom is -0.465 e. The number of allylic oxidation sites excluding steroid dienone is 4. The predicted molar refractivity (Wildman–Crippen MR) is 266 cm³/mol. The maximum Gasteiger partial charge on any atom is 0.338 e. The number of carbonyl (C=O) groups is 6. The van der Waals surface area contributed by atoms with Gasteiger partial charge < -0.3 is 28.4 Å². The normalized spacial score (nSPS) is 17.3. The van der Waals surface area contributed by atoms with E-state index in [2.05, 4.69) is 24.3 Å². The Kier molecular flexibility index (Phi) is 22.6. The predicted octanol–water partition coefficient (Wildman–Crippen LogP) is 11.6. The molecule has 70 heavy (non-hydrogen) atoms. The second-order valence-electron chi connectivity index (χ2n) is 18.2. The van der Waals surface area contributed by atoms with E-state index in [1.54, 1.807) is 86.6 Å². The number of benzene rings is 4. The van der Waals surface area contributed by atoms with Crippen LogP contribution in [0.2, 0.25) is 0 Å². The highest BCUT2D eigenvalue weighted by atomic mass is 16.6. The highest BCUT2D eigenvalue weighted by molar-refractivity contribution is 5.90. The van der Waals surface area contributed by atoms with Gasteiger partial charge >= 0.3 is 35.8 Å². The molecule has 0 saturated heterocycles. The van der Waals surface area contributed by atoms with E-state index >= 15 is 0 Å². The number of hydrogen-bond donors (Lipinski definition) is 0. The summed E-state index contributed by atoms with van der Waals surface area (Å²) in [4.78, 5) is 70.9. The summed E-state index contributed by atoms with van der Waals surface area (Å²) in [5.41, 5.74) is 1.63. The van der Waals surface area contributed by atoms with Crippen LogP contribution in [-0.2, 0) is 38.0 Å². The van der Waals surface area contributed by atoms with Crippen LogP contribution in [0, 0.1) is 22.7 Å². The zero-order valence-corrected chi connectivity index (χ0v) is 40.6. The van der Waals surface area contributed by atoms with Gasteiger partial charge in [-0.05, 0) is 125 Å². The maximum absolute atomic E-state index is 12.2. The van der Waals surface area contributed by atoms with Gasteiger partial charge in [-0.3, -0.25) is 9.59 Å². The Morgan fingerprint density at radius 2 is 0.686 bits per heavy atom. The van der Waals surface area contributed by atoms with Crippen LogP contribution in [0.25, 0.3) is 0 Å². The fraction of sp³-hybridized carbons (Fsp3) is 0.414. The third-order valence-corrected chi connectivity index (χ3v) is 12.7. The van der Waals surface area contributed by atoms with Crippen LogP contribution in [-0.4, -0.2) is 75.5 Å². The van der Waals surface area contributed by atoms with E-state index in [1.807, 2.05) is 48.5 Å². The number of hydrogen-bond acceptors (Lipinski definition) is 12. The summed E-state index contributed by atoms with van der Waals surface area (Å²) < 4.78 is 32.4. The van der Waals surface area contributed by atoms with E-state index in [9.17, 15) is 28.8 Å². The largest absolute Gasteiger partial charge is 0.465 e. The average molecular weight is 957 g/mol. The molecule has 12 heteroatoms. The van der Waals surface area contributed by atoms with Gasteiger partial charge in [-0.1, -0.05) is 111 Å². The molecule has 4 aromatic carbocycles. The molecule has 12 nitrogen and oxygen atoms in total. The van der Waals surface area contributed by atoms with Crippen molar-refractivity contribution in [3.63, 3.8) is 0 Å². The lowest BCUT2D eigenvalue weighted by Crippen LogP contribution is -2.35. The summed E-state index contributed by atoms with van der Waals surface area (Å²) in [5, 5.41) is 0. The number of rotatable bonds is 18. The van der Waals surface area contributed by atoms with E-state index in [4.69, 9.17) is 28.4 Å². The minimum absolute atomic E-state index is 0.203. The van der Waals surface area contributed by atoms with Crippen LogP contribution in [0.5, 0.6) is 0 Å². The monoisotopic (exact) mass is 956 g/mol. The van der Waals surface area contributed by atoms with Crippen molar-refractivity contribution in [2.24, 2.45) is 22.7 Å². The SMILES string of the molecule is CCC(=O)OCC1(COC(=O)CC)CC=CCC1.O=C(OCC1(COC(=O)c2ccccc2)CC=CCC1)c1ccccc1.O=C(OCC1CCC(COC(=O)c2ccccc2)CC1)c1ccccc1. The van der Waals surface area contributed by atoms with Crippen LogP contribution in [0.4, 0.5) is 0 Å². The van der Waals surface area contributed by atoms with Gasteiger partial charge in [0, 0.05) is 23.7 Å². The second kappa shape index (κ2) is 29.3. The lowest BCUT2D eigenvalue weighted by molar-refractivity contribution is -0.154. The van der Waals surface area contributed by atoms with Gasteiger partial charge in [0.05, 0.1) is 35.5 Å². The molecule has 0 N–H and O–H groups in total. The molecule has 0 heterocycles. The van der Waals surface area contributed by atoms with Crippen molar-refractivity contribution in [3.8, 4) is 0 Å². The molecule has 7 rings (SSSR count). The Labute approximate surface area is 412 Å². The summed E-state index contributed by atoms with van der Waals surface area (Å²) in [7, 11) is 0. The van der Waals surface area contributed by atoms with Gasteiger partial charge in [0.25, 0.3) is 0 Å².